The van der Waals surface area contributed by atoms with Crippen LogP contribution in [0.4, 0.5) is 8.78 Å². The van der Waals surface area contributed by atoms with Crippen LogP contribution in [0, 0.1) is 11.6 Å². The van der Waals surface area contributed by atoms with Gasteiger partial charge in [-0.3, -0.25) is 4.90 Å². The van der Waals surface area contributed by atoms with Gasteiger partial charge in [0.15, 0.2) is 0 Å². The van der Waals surface area contributed by atoms with Crippen LogP contribution in [0.25, 0.3) is 0 Å². The molecule has 1 aliphatic heterocycles. The Morgan fingerprint density at radius 3 is 2.52 bits per heavy atom. The Kier molecular flexibility index (Phi) is 5.33. The molecule has 1 aromatic heterocycles. The van der Waals surface area contributed by atoms with E-state index in [9.17, 15) is 8.78 Å². The monoisotopic (exact) mass is 314 g/mol. The van der Waals surface area contributed by atoms with Crippen molar-refractivity contribution in [2.45, 2.75) is 6.04 Å². The zero-order valence-electron chi connectivity index (χ0n) is 11.4. The van der Waals surface area contributed by atoms with E-state index in [0.29, 0.717) is 11.3 Å². The number of piperazine rings is 1. The largest absolute Gasteiger partial charge is 0.467 e. The van der Waals surface area contributed by atoms with E-state index >= 15 is 0 Å². The lowest BCUT2D eigenvalue weighted by Crippen LogP contribution is -2.45. The summed E-state index contributed by atoms with van der Waals surface area (Å²) in [6, 6.07) is 7.01. The number of nitrogens with one attached hydrogen (secondary N) is 1. The van der Waals surface area contributed by atoms with E-state index in [1.165, 1.54) is 12.1 Å². The van der Waals surface area contributed by atoms with Crippen molar-refractivity contribution in [2.75, 3.05) is 26.2 Å². The van der Waals surface area contributed by atoms with Crippen LogP contribution in [0.15, 0.2) is 41.0 Å². The fourth-order valence-electron chi connectivity index (χ4n) is 2.64. The van der Waals surface area contributed by atoms with Crippen LogP contribution in [-0.4, -0.2) is 31.1 Å². The lowest BCUT2D eigenvalue weighted by Gasteiger charge is -2.34. The molecule has 1 N–H and O–H groups in total. The van der Waals surface area contributed by atoms with Crippen LogP contribution < -0.4 is 5.32 Å². The molecule has 0 radical (unpaired) electrons. The second kappa shape index (κ2) is 7.02. The third-order valence-electron chi connectivity index (χ3n) is 3.59. The molecule has 1 atom stereocenters. The van der Waals surface area contributed by atoms with Gasteiger partial charge in [0.05, 0.1) is 12.3 Å². The van der Waals surface area contributed by atoms with Gasteiger partial charge in [-0.15, -0.1) is 12.4 Å². The Labute approximate surface area is 128 Å². The van der Waals surface area contributed by atoms with Crippen molar-refractivity contribution >= 4 is 12.4 Å². The number of hydrogen-bond donors (Lipinski definition) is 1. The molecule has 0 saturated carbocycles. The molecule has 1 fully saturated rings. The zero-order valence-corrected chi connectivity index (χ0v) is 12.2. The Morgan fingerprint density at radius 1 is 1.14 bits per heavy atom. The van der Waals surface area contributed by atoms with Crippen LogP contribution in [0.3, 0.4) is 0 Å². The molecular formula is C15H17ClF2N2O. The predicted octanol–water partition coefficient (Wildman–Crippen LogP) is 2.97. The van der Waals surface area contributed by atoms with E-state index in [0.717, 1.165) is 32.2 Å². The highest BCUT2D eigenvalue weighted by Gasteiger charge is 2.28. The van der Waals surface area contributed by atoms with Gasteiger partial charge in [0, 0.05) is 37.8 Å². The number of furan rings is 1. The van der Waals surface area contributed by atoms with E-state index in [2.05, 4.69) is 10.2 Å². The van der Waals surface area contributed by atoms with Crippen molar-refractivity contribution in [3.63, 3.8) is 0 Å². The Morgan fingerprint density at radius 2 is 1.90 bits per heavy atom. The van der Waals surface area contributed by atoms with Crippen LogP contribution in [0.2, 0.25) is 0 Å². The number of benzene rings is 1. The molecule has 3 nitrogen and oxygen atoms in total. The Bertz CT molecular complexity index is 571. The lowest BCUT2D eigenvalue weighted by molar-refractivity contribution is 0.177. The standard InChI is InChI=1S/C15H16F2N2O.ClH/c16-11-3-4-12(13(17)10-11)15(14-2-1-9-20-14)19-7-5-18-6-8-19;/h1-4,9-10,15,18H,5-8H2;1H/t15-;/m1./s1. The van der Waals surface area contributed by atoms with Gasteiger partial charge in [-0.25, -0.2) is 8.78 Å². The maximum Gasteiger partial charge on any atom is 0.131 e. The average Bonchev–Trinajstić information content (AvgIpc) is 2.97. The van der Waals surface area contributed by atoms with E-state index in [-0.39, 0.29) is 18.4 Å². The molecule has 2 aromatic rings. The van der Waals surface area contributed by atoms with Crippen molar-refractivity contribution in [2.24, 2.45) is 0 Å². The fraction of sp³-hybridized carbons (Fsp3) is 0.333. The highest BCUT2D eigenvalue weighted by atomic mass is 35.5. The molecule has 2 heterocycles. The third kappa shape index (κ3) is 3.43. The van der Waals surface area contributed by atoms with Gasteiger partial charge >= 0.3 is 0 Å². The summed E-state index contributed by atoms with van der Waals surface area (Å²) in [5.41, 5.74) is 0.447. The molecule has 0 bridgehead atoms. The molecular weight excluding hydrogens is 298 g/mol. The fourth-order valence-corrected chi connectivity index (χ4v) is 2.64. The molecule has 21 heavy (non-hydrogen) atoms. The average molecular weight is 315 g/mol. The SMILES string of the molecule is Cl.Fc1ccc([C@H](c2ccco2)N2CCNCC2)c(F)c1. The van der Waals surface area contributed by atoms with Gasteiger partial charge in [-0.1, -0.05) is 6.07 Å². The highest BCUT2D eigenvalue weighted by Crippen LogP contribution is 2.31. The summed E-state index contributed by atoms with van der Waals surface area (Å²) in [4.78, 5) is 2.14. The molecule has 0 spiro atoms. The number of nitrogens with zero attached hydrogens (tertiary/aromatic N) is 1. The summed E-state index contributed by atoms with van der Waals surface area (Å²) in [5.74, 6) is -0.424. The van der Waals surface area contributed by atoms with Crippen molar-refractivity contribution in [1.29, 1.82) is 0 Å². The molecule has 0 aliphatic carbocycles. The first kappa shape index (κ1) is 15.9. The summed E-state index contributed by atoms with van der Waals surface area (Å²) in [5, 5.41) is 3.26. The Hall–Kier alpha value is -1.43. The summed E-state index contributed by atoms with van der Waals surface area (Å²) < 4.78 is 32.7. The first-order chi connectivity index (χ1) is 9.75. The molecule has 114 valence electrons. The molecule has 0 amide bonds. The number of rotatable bonds is 3. The molecule has 0 unspecified atom stereocenters. The van der Waals surface area contributed by atoms with Crippen molar-refractivity contribution < 1.29 is 13.2 Å². The minimum Gasteiger partial charge on any atom is -0.467 e. The maximum atomic E-state index is 14.1. The van der Waals surface area contributed by atoms with Gasteiger partial charge in [0.25, 0.3) is 0 Å². The number of hydrogen-bond acceptors (Lipinski definition) is 3. The summed E-state index contributed by atoms with van der Waals surface area (Å²) in [6.07, 6.45) is 1.58. The van der Waals surface area contributed by atoms with Gasteiger partial charge in [0.1, 0.15) is 17.4 Å². The summed E-state index contributed by atoms with van der Waals surface area (Å²) >= 11 is 0. The lowest BCUT2D eigenvalue weighted by atomic mass is 10.0. The minimum atomic E-state index is -0.565. The smallest absolute Gasteiger partial charge is 0.131 e. The topological polar surface area (TPSA) is 28.4 Å². The van der Waals surface area contributed by atoms with Gasteiger partial charge in [0.2, 0.25) is 0 Å². The normalized spacial score (nSPS) is 17.2. The Balaban J connectivity index is 0.00000161. The van der Waals surface area contributed by atoms with E-state index in [1.54, 1.807) is 12.3 Å². The second-order valence-electron chi connectivity index (χ2n) is 4.87. The van der Waals surface area contributed by atoms with Gasteiger partial charge in [-0.2, -0.15) is 0 Å². The molecule has 1 saturated heterocycles. The van der Waals surface area contributed by atoms with Crippen molar-refractivity contribution in [3.05, 3.63) is 59.6 Å². The minimum absolute atomic E-state index is 0. The quantitative estimate of drug-likeness (QED) is 0.944. The van der Waals surface area contributed by atoms with Crippen LogP contribution in [0.5, 0.6) is 0 Å². The van der Waals surface area contributed by atoms with E-state index in [4.69, 9.17) is 4.42 Å². The summed E-state index contributed by atoms with van der Waals surface area (Å²) in [7, 11) is 0. The van der Waals surface area contributed by atoms with Crippen LogP contribution in [0.1, 0.15) is 17.4 Å². The third-order valence-corrected chi connectivity index (χ3v) is 3.59. The predicted molar refractivity (Wildman–Crippen MR) is 78.6 cm³/mol. The second-order valence-corrected chi connectivity index (χ2v) is 4.87. The maximum absolute atomic E-state index is 14.1. The van der Waals surface area contributed by atoms with Crippen LogP contribution >= 0.6 is 12.4 Å². The summed E-state index contributed by atoms with van der Waals surface area (Å²) in [6.45, 7) is 3.28. The molecule has 1 aliphatic rings. The molecule has 6 heteroatoms. The number of halogens is 3. The van der Waals surface area contributed by atoms with Crippen molar-refractivity contribution in [3.8, 4) is 0 Å². The highest BCUT2D eigenvalue weighted by molar-refractivity contribution is 5.85. The van der Waals surface area contributed by atoms with Crippen molar-refractivity contribution in [1.82, 2.24) is 10.2 Å². The van der Waals surface area contributed by atoms with E-state index in [1.807, 2.05) is 6.07 Å². The van der Waals surface area contributed by atoms with Crippen LogP contribution in [-0.2, 0) is 0 Å². The van der Waals surface area contributed by atoms with Gasteiger partial charge in [-0.05, 0) is 18.2 Å². The van der Waals surface area contributed by atoms with E-state index < -0.39 is 11.6 Å². The van der Waals surface area contributed by atoms with Gasteiger partial charge < -0.3 is 9.73 Å². The molecule has 3 rings (SSSR count). The molecule has 1 aromatic carbocycles. The first-order valence-electron chi connectivity index (χ1n) is 6.69. The zero-order chi connectivity index (χ0) is 13.9. The first-order valence-corrected chi connectivity index (χ1v) is 6.69.